The average Bonchev–Trinajstić information content (AvgIpc) is 2.96. The van der Waals surface area contributed by atoms with Crippen molar-refractivity contribution in [2.75, 3.05) is 24.3 Å². The van der Waals surface area contributed by atoms with Gasteiger partial charge in [0.05, 0.1) is 5.75 Å². The summed E-state index contributed by atoms with van der Waals surface area (Å²) in [6.07, 6.45) is 4.27. The Morgan fingerprint density at radius 2 is 2.29 bits per heavy atom. The molecule has 0 spiro atoms. The second kappa shape index (κ2) is 9.00. The molecule has 1 heterocycles. The van der Waals surface area contributed by atoms with Crippen molar-refractivity contribution in [2.45, 2.75) is 25.8 Å². The van der Waals surface area contributed by atoms with Gasteiger partial charge < -0.3 is 5.32 Å². The molecule has 1 unspecified atom stereocenters. The third-order valence-electron chi connectivity index (χ3n) is 2.75. The van der Waals surface area contributed by atoms with Gasteiger partial charge in [-0.15, -0.1) is 0 Å². The number of rotatable bonds is 10. The van der Waals surface area contributed by atoms with Gasteiger partial charge in [-0.3, -0.25) is 9.89 Å². The van der Waals surface area contributed by atoms with E-state index >= 15 is 0 Å². The zero-order valence-electron chi connectivity index (χ0n) is 12.1. The maximum atomic E-state index is 12.1. The Bertz CT molecular complexity index is 518. The molecule has 0 aliphatic carbocycles. The number of sulfonamides is 1. The highest BCUT2D eigenvalue weighted by Crippen LogP contribution is 2.03. The number of hydrogen-bond donors (Lipinski definition) is 3. The minimum Gasteiger partial charge on any atom is -0.354 e. The Labute approximate surface area is 128 Å². The number of H-pyrrole nitrogens is 1. The summed E-state index contributed by atoms with van der Waals surface area (Å²) >= 11 is 1.56. The number of thioether (sulfide) groups is 1. The van der Waals surface area contributed by atoms with E-state index < -0.39 is 16.1 Å². The highest BCUT2D eigenvalue weighted by molar-refractivity contribution is 7.98. The number of carbonyl (C=O) groups excluding carboxylic acids is 1. The monoisotopic (exact) mass is 335 g/mol. The molecule has 1 aromatic heterocycles. The van der Waals surface area contributed by atoms with Gasteiger partial charge in [0.1, 0.15) is 18.2 Å². The fraction of sp³-hybridized carbons (Fsp3) is 0.727. The SMILES string of the molecule is CCS(=O)(=O)NC(CCSC)C(=O)NCCc1ncn[nH]1. The number of carbonyl (C=O) groups is 1. The van der Waals surface area contributed by atoms with Crippen LogP contribution in [-0.2, 0) is 21.2 Å². The highest BCUT2D eigenvalue weighted by Gasteiger charge is 2.22. The molecule has 10 heteroatoms. The largest absolute Gasteiger partial charge is 0.354 e. The molecule has 1 rings (SSSR count). The Hall–Kier alpha value is -1.13. The van der Waals surface area contributed by atoms with Crippen molar-refractivity contribution in [1.82, 2.24) is 25.2 Å². The number of nitrogens with one attached hydrogen (secondary N) is 3. The van der Waals surface area contributed by atoms with Crippen LogP contribution in [0, 0.1) is 0 Å². The van der Waals surface area contributed by atoms with Gasteiger partial charge >= 0.3 is 0 Å². The van der Waals surface area contributed by atoms with E-state index in [-0.39, 0.29) is 11.7 Å². The van der Waals surface area contributed by atoms with Crippen LogP contribution in [0.25, 0.3) is 0 Å². The zero-order valence-corrected chi connectivity index (χ0v) is 13.8. The minimum atomic E-state index is -3.41. The van der Waals surface area contributed by atoms with E-state index in [4.69, 9.17) is 0 Å². The summed E-state index contributed by atoms with van der Waals surface area (Å²) in [6.45, 7) is 1.91. The smallest absolute Gasteiger partial charge is 0.238 e. The fourth-order valence-corrected chi connectivity index (χ4v) is 2.85. The van der Waals surface area contributed by atoms with Crippen molar-refractivity contribution in [3.8, 4) is 0 Å². The van der Waals surface area contributed by atoms with E-state index in [0.717, 1.165) is 0 Å². The summed E-state index contributed by atoms with van der Waals surface area (Å²) < 4.78 is 25.7. The fourth-order valence-electron chi connectivity index (χ4n) is 1.56. The summed E-state index contributed by atoms with van der Waals surface area (Å²) in [6, 6.07) is -0.739. The lowest BCUT2D eigenvalue weighted by molar-refractivity contribution is -0.122. The van der Waals surface area contributed by atoms with Gasteiger partial charge in [0.25, 0.3) is 0 Å². The van der Waals surface area contributed by atoms with Crippen molar-refractivity contribution in [1.29, 1.82) is 0 Å². The number of aromatic nitrogens is 3. The van der Waals surface area contributed by atoms with E-state index in [1.54, 1.807) is 11.8 Å². The Morgan fingerprint density at radius 1 is 1.52 bits per heavy atom. The molecule has 0 bridgehead atoms. The van der Waals surface area contributed by atoms with Crippen LogP contribution in [0.5, 0.6) is 0 Å². The Balaban J connectivity index is 2.49. The number of amides is 1. The highest BCUT2D eigenvalue weighted by atomic mass is 32.2. The van der Waals surface area contributed by atoms with Crippen molar-refractivity contribution in [2.24, 2.45) is 0 Å². The first-order valence-electron chi connectivity index (χ1n) is 6.59. The van der Waals surface area contributed by atoms with E-state index in [0.29, 0.717) is 31.0 Å². The molecule has 0 aliphatic heterocycles. The molecular formula is C11H21N5O3S2. The van der Waals surface area contributed by atoms with Gasteiger partial charge in [-0.25, -0.2) is 18.1 Å². The molecule has 0 radical (unpaired) electrons. The van der Waals surface area contributed by atoms with Gasteiger partial charge in [-0.2, -0.15) is 16.9 Å². The zero-order chi connectivity index (χ0) is 15.7. The number of aromatic amines is 1. The normalized spacial score (nSPS) is 13.0. The molecule has 0 aliphatic rings. The first kappa shape index (κ1) is 17.9. The molecule has 120 valence electrons. The summed E-state index contributed by atoms with van der Waals surface area (Å²) in [4.78, 5) is 16.0. The maximum Gasteiger partial charge on any atom is 0.238 e. The first-order valence-corrected chi connectivity index (χ1v) is 9.64. The van der Waals surface area contributed by atoms with Gasteiger partial charge in [-0.05, 0) is 25.4 Å². The summed E-state index contributed by atoms with van der Waals surface area (Å²) in [5, 5.41) is 9.12. The Kier molecular flexibility index (Phi) is 7.68. The predicted molar refractivity (Wildman–Crippen MR) is 82.5 cm³/mol. The molecule has 0 saturated heterocycles. The summed E-state index contributed by atoms with van der Waals surface area (Å²) in [5.74, 6) is 1.01. The van der Waals surface area contributed by atoms with E-state index in [2.05, 4.69) is 25.2 Å². The van der Waals surface area contributed by atoms with Crippen LogP contribution in [0.15, 0.2) is 6.33 Å². The third-order valence-corrected chi connectivity index (χ3v) is 4.80. The van der Waals surface area contributed by atoms with Crippen LogP contribution in [0.3, 0.4) is 0 Å². The van der Waals surface area contributed by atoms with Gasteiger partial charge in [-0.1, -0.05) is 0 Å². The van der Waals surface area contributed by atoms with Crippen LogP contribution in [0.2, 0.25) is 0 Å². The quantitative estimate of drug-likeness (QED) is 0.532. The van der Waals surface area contributed by atoms with Crippen molar-refractivity contribution >= 4 is 27.7 Å². The van der Waals surface area contributed by atoms with Crippen molar-refractivity contribution in [3.63, 3.8) is 0 Å². The molecule has 0 aromatic carbocycles. The van der Waals surface area contributed by atoms with Crippen LogP contribution in [0.1, 0.15) is 19.2 Å². The van der Waals surface area contributed by atoms with Crippen molar-refractivity contribution < 1.29 is 13.2 Å². The maximum absolute atomic E-state index is 12.1. The predicted octanol–water partition coefficient (Wildman–Crippen LogP) is -0.476. The second-order valence-electron chi connectivity index (χ2n) is 4.33. The van der Waals surface area contributed by atoms with Gasteiger partial charge in [0.15, 0.2) is 0 Å². The van der Waals surface area contributed by atoms with Crippen LogP contribution >= 0.6 is 11.8 Å². The number of nitrogens with zero attached hydrogens (tertiary/aromatic N) is 2. The third kappa shape index (κ3) is 6.91. The minimum absolute atomic E-state index is 0.0475. The summed E-state index contributed by atoms with van der Waals surface area (Å²) in [5.41, 5.74) is 0. The Morgan fingerprint density at radius 3 is 2.86 bits per heavy atom. The molecule has 0 saturated carbocycles. The van der Waals surface area contributed by atoms with Crippen molar-refractivity contribution in [3.05, 3.63) is 12.2 Å². The summed E-state index contributed by atoms with van der Waals surface area (Å²) in [7, 11) is -3.41. The first-order chi connectivity index (χ1) is 9.98. The van der Waals surface area contributed by atoms with E-state index in [1.165, 1.54) is 13.3 Å². The standard InChI is InChI=1S/C11H21N5O3S2/c1-3-21(18,19)16-9(5-7-20-2)11(17)12-6-4-10-13-8-14-15-10/h8-9,16H,3-7H2,1-2H3,(H,12,17)(H,13,14,15). The second-order valence-corrected chi connectivity index (χ2v) is 7.36. The van der Waals surface area contributed by atoms with Gasteiger partial charge in [0.2, 0.25) is 15.9 Å². The lowest BCUT2D eigenvalue weighted by Gasteiger charge is -2.17. The van der Waals surface area contributed by atoms with Gasteiger partial charge in [0, 0.05) is 13.0 Å². The molecule has 1 amide bonds. The van der Waals surface area contributed by atoms with Crippen LogP contribution in [0.4, 0.5) is 0 Å². The average molecular weight is 335 g/mol. The molecule has 8 nitrogen and oxygen atoms in total. The molecule has 3 N–H and O–H groups in total. The van der Waals surface area contributed by atoms with Crippen LogP contribution < -0.4 is 10.0 Å². The van der Waals surface area contributed by atoms with Crippen LogP contribution in [-0.4, -0.2) is 59.9 Å². The molecule has 0 fully saturated rings. The molecule has 21 heavy (non-hydrogen) atoms. The lowest BCUT2D eigenvalue weighted by atomic mass is 10.2. The molecular weight excluding hydrogens is 314 g/mol. The lowest BCUT2D eigenvalue weighted by Crippen LogP contribution is -2.47. The van der Waals surface area contributed by atoms with E-state index in [9.17, 15) is 13.2 Å². The molecule has 1 aromatic rings. The molecule has 1 atom stereocenters. The topological polar surface area (TPSA) is 117 Å². The van der Waals surface area contributed by atoms with E-state index in [1.807, 2.05) is 6.26 Å². The number of hydrogen-bond acceptors (Lipinski definition) is 6.